The van der Waals surface area contributed by atoms with Crippen LogP contribution in [0, 0.1) is 0 Å². The number of carbonyl (C=O) groups excluding carboxylic acids is 3. The number of amides is 3. The number of carbonyl (C=O) groups is 3. The van der Waals surface area contributed by atoms with Crippen molar-refractivity contribution >= 4 is 40.2 Å². The lowest BCUT2D eigenvalue weighted by atomic mass is 9.88. The summed E-state index contributed by atoms with van der Waals surface area (Å²) in [6.07, 6.45) is 5.87. The molecular weight excluding hydrogens is 518 g/mol. The Morgan fingerprint density at radius 1 is 1.02 bits per heavy atom. The monoisotopic (exact) mass is 559 g/mol. The third kappa shape index (κ3) is 8.42. The number of nitrogens with zero attached hydrogens (tertiary/aromatic N) is 2. The highest BCUT2D eigenvalue weighted by Crippen LogP contribution is 2.34. The van der Waals surface area contributed by atoms with Gasteiger partial charge in [0.1, 0.15) is 5.60 Å². The highest BCUT2D eigenvalue weighted by molar-refractivity contribution is 6.07. The number of aromatic nitrogens is 1. The summed E-state index contributed by atoms with van der Waals surface area (Å²) in [6, 6.07) is 15.9. The molecule has 1 aliphatic heterocycles. The molecule has 4 N–H and O–H groups in total. The van der Waals surface area contributed by atoms with Crippen molar-refractivity contribution in [1.29, 1.82) is 0 Å². The fraction of sp³-hybridized carbons (Fsp3) is 0.438. The normalized spacial score (nSPS) is 14.1. The highest BCUT2D eigenvalue weighted by atomic mass is 16.6. The minimum atomic E-state index is -0.533. The number of fused-ring (bicyclic) bond motifs is 1. The van der Waals surface area contributed by atoms with E-state index in [1.54, 1.807) is 0 Å². The van der Waals surface area contributed by atoms with Crippen molar-refractivity contribution in [3.63, 3.8) is 0 Å². The second-order valence-electron chi connectivity index (χ2n) is 11.6. The van der Waals surface area contributed by atoms with Gasteiger partial charge in [-0.15, -0.1) is 0 Å². The smallest absolute Gasteiger partial charge is 0.407 e. The molecule has 4 rings (SSSR count). The molecule has 1 aliphatic rings. The van der Waals surface area contributed by atoms with Crippen molar-refractivity contribution in [3.05, 3.63) is 65.9 Å². The maximum Gasteiger partial charge on any atom is 0.407 e. The number of pyridine rings is 1. The lowest BCUT2D eigenvalue weighted by molar-refractivity contribution is -0.132. The molecule has 3 aromatic rings. The largest absolute Gasteiger partial charge is 0.444 e. The van der Waals surface area contributed by atoms with E-state index >= 15 is 0 Å². The van der Waals surface area contributed by atoms with Crippen molar-refractivity contribution < 1.29 is 19.1 Å². The van der Waals surface area contributed by atoms with E-state index in [0.717, 1.165) is 61.8 Å². The van der Waals surface area contributed by atoms with Crippen molar-refractivity contribution in [3.8, 4) is 0 Å². The van der Waals surface area contributed by atoms with Gasteiger partial charge >= 0.3 is 6.09 Å². The Labute approximate surface area is 241 Å². The molecule has 2 heterocycles. The average Bonchev–Trinajstić information content (AvgIpc) is 2.94. The van der Waals surface area contributed by atoms with Gasteiger partial charge in [-0.2, -0.15) is 0 Å². The second kappa shape index (κ2) is 13.5. The molecule has 2 aromatic carbocycles. The summed E-state index contributed by atoms with van der Waals surface area (Å²) < 4.78 is 5.23. The molecule has 3 amide bonds. The first-order valence-corrected chi connectivity index (χ1v) is 14.4. The molecule has 0 aliphatic carbocycles. The number of primary amides is 1. The molecule has 0 saturated carbocycles. The van der Waals surface area contributed by atoms with Gasteiger partial charge in [0, 0.05) is 43.3 Å². The van der Waals surface area contributed by atoms with Crippen LogP contribution in [0.1, 0.15) is 81.1 Å². The summed E-state index contributed by atoms with van der Waals surface area (Å²) in [5.41, 5.74) is 9.00. The molecule has 9 nitrogen and oxygen atoms in total. The minimum absolute atomic E-state index is 0.187. The van der Waals surface area contributed by atoms with E-state index in [9.17, 15) is 14.4 Å². The molecular formula is C32H41N5O4. The minimum Gasteiger partial charge on any atom is -0.444 e. The molecule has 1 fully saturated rings. The lowest BCUT2D eigenvalue weighted by Gasteiger charge is -2.32. The van der Waals surface area contributed by atoms with Crippen LogP contribution in [0.3, 0.4) is 0 Å². The number of anilines is 2. The molecule has 0 spiro atoms. The van der Waals surface area contributed by atoms with Gasteiger partial charge in [-0.25, -0.2) is 4.79 Å². The van der Waals surface area contributed by atoms with Crippen molar-refractivity contribution in [2.45, 2.75) is 70.8 Å². The van der Waals surface area contributed by atoms with E-state index in [1.165, 1.54) is 11.8 Å². The maximum absolute atomic E-state index is 12.8. The quantitative estimate of drug-likeness (QED) is 0.267. The summed E-state index contributed by atoms with van der Waals surface area (Å²) >= 11 is 0. The van der Waals surface area contributed by atoms with Crippen LogP contribution in [-0.4, -0.2) is 53.0 Å². The highest BCUT2D eigenvalue weighted by Gasteiger charge is 2.24. The summed E-state index contributed by atoms with van der Waals surface area (Å²) in [5, 5.41) is 6.98. The Hall–Kier alpha value is -4.14. The van der Waals surface area contributed by atoms with Gasteiger partial charge in [0.25, 0.3) is 5.91 Å². The fourth-order valence-electron chi connectivity index (χ4n) is 5.15. The van der Waals surface area contributed by atoms with E-state index in [0.29, 0.717) is 30.1 Å². The number of ether oxygens (including phenoxy) is 1. The van der Waals surface area contributed by atoms with Gasteiger partial charge < -0.3 is 26.0 Å². The number of benzene rings is 2. The number of nitrogens with one attached hydrogen (secondary N) is 2. The van der Waals surface area contributed by atoms with Crippen LogP contribution in [0.2, 0.25) is 0 Å². The van der Waals surface area contributed by atoms with E-state index < -0.39 is 17.6 Å². The van der Waals surface area contributed by atoms with Gasteiger partial charge in [0.05, 0.1) is 16.8 Å². The molecule has 9 heteroatoms. The summed E-state index contributed by atoms with van der Waals surface area (Å²) in [7, 11) is 0. The van der Waals surface area contributed by atoms with E-state index in [1.807, 2.05) is 62.1 Å². The van der Waals surface area contributed by atoms with Crippen LogP contribution in [0.4, 0.5) is 16.2 Å². The zero-order chi connectivity index (χ0) is 29.4. The molecule has 218 valence electrons. The predicted octanol–water partition coefficient (Wildman–Crippen LogP) is 5.87. The number of hydrogen-bond acceptors (Lipinski definition) is 6. The first-order valence-electron chi connectivity index (χ1n) is 14.4. The third-order valence-corrected chi connectivity index (χ3v) is 7.26. The molecule has 1 aromatic heterocycles. The molecule has 1 saturated heterocycles. The summed E-state index contributed by atoms with van der Waals surface area (Å²) in [6.45, 7) is 7.48. The zero-order valence-corrected chi connectivity index (χ0v) is 24.2. The Kier molecular flexibility index (Phi) is 9.81. The lowest BCUT2D eigenvalue weighted by Crippen LogP contribution is -2.37. The number of unbranched alkanes of at least 4 members (excludes halogenated alkanes) is 2. The van der Waals surface area contributed by atoms with E-state index in [-0.39, 0.29) is 5.91 Å². The first-order chi connectivity index (χ1) is 19.6. The summed E-state index contributed by atoms with van der Waals surface area (Å²) in [4.78, 5) is 43.2. The third-order valence-electron chi connectivity index (χ3n) is 7.26. The van der Waals surface area contributed by atoms with Crippen LogP contribution in [-0.2, 0) is 9.53 Å². The molecule has 0 atom stereocenters. The van der Waals surface area contributed by atoms with Crippen molar-refractivity contribution in [2.24, 2.45) is 5.73 Å². The van der Waals surface area contributed by atoms with Gasteiger partial charge in [0.2, 0.25) is 5.91 Å². The topological polar surface area (TPSA) is 127 Å². The predicted molar refractivity (Wildman–Crippen MR) is 161 cm³/mol. The number of nitrogens with two attached hydrogens (primary N) is 1. The molecule has 0 bridgehead atoms. The Bertz CT molecular complexity index is 1360. The van der Waals surface area contributed by atoms with Crippen molar-refractivity contribution in [1.82, 2.24) is 15.2 Å². The number of likely N-dealkylation sites (tertiary alicyclic amines) is 1. The van der Waals surface area contributed by atoms with Crippen LogP contribution in [0.5, 0.6) is 0 Å². The fourth-order valence-corrected chi connectivity index (χ4v) is 5.15. The average molecular weight is 560 g/mol. The number of piperidine rings is 1. The van der Waals surface area contributed by atoms with Gasteiger partial charge in [-0.1, -0.05) is 30.7 Å². The SMILES string of the molecule is CC(C)(C)OC(=O)NCCCCCC(=O)N1CCC(c2ccc3ncc(C(N)=O)c(Nc4ccccc4)c3c2)CC1. The van der Waals surface area contributed by atoms with E-state index in [4.69, 9.17) is 10.5 Å². The van der Waals surface area contributed by atoms with Crippen LogP contribution >= 0.6 is 0 Å². The number of para-hydroxylation sites is 1. The van der Waals surface area contributed by atoms with Crippen molar-refractivity contribution in [2.75, 3.05) is 25.0 Å². The van der Waals surface area contributed by atoms with Crippen LogP contribution in [0.25, 0.3) is 10.9 Å². The van der Waals surface area contributed by atoms with Crippen LogP contribution in [0.15, 0.2) is 54.7 Å². The number of rotatable bonds is 10. The van der Waals surface area contributed by atoms with Crippen LogP contribution < -0.4 is 16.4 Å². The molecule has 41 heavy (non-hydrogen) atoms. The Balaban J connectivity index is 1.31. The maximum atomic E-state index is 12.8. The number of alkyl carbamates (subject to hydrolysis) is 1. The Morgan fingerprint density at radius 3 is 2.44 bits per heavy atom. The second-order valence-corrected chi connectivity index (χ2v) is 11.6. The van der Waals surface area contributed by atoms with E-state index in [2.05, 4.69) is 27.8 Å². The Morgan fingerprint density at radius 2 is 1.76 bits per heavy atom. The zero-order valence-electron chi connectivity index (χ0n) is 24.2. The summed E-state index contributed by atoms with van der Waals surface area (Å²) in [5.74, 6) is -0.0368. The van der Waals surface area contributed by atoms with Gasteiger partial charge in [-0.05, 0) is 82.2 Å². The van der Waals surface area contributed by atoms with Gasteiger partial charge in [-0.3, -0.25) is 14.6 Å². The standard InChI is InChI=1S/C32H41N5O4/c1-32(2,3)41-31(40)34-17-9-5-8-12-28(38)37-18-15-22(16-19-37)23-13-14-27-25(20-23)29(26(21-35-27)30(33)39)36-24-10-6-4-7-11-24/h4,6-7,10-11,13-14,20-22H,5,8-9,12,15-19H2,1-3H3,(H2,33,39)(H,34,40)(H,35,36). The molecule has 0 radical (unpaired) electrons. The molecule has 0 unspecified atom stereocenters. The van der Waals surface area contributed by atoms with Gasteiger partial charge in [0.15, 0.2) is 0 Å². The first kappa shape index (κ1) is 29.8. The number of hydrogen-bond donors (Lipinski definition) is 3.